The van der Waals surface area contributed by atoms with Crippen LogP contribution in [0, 0.1) is 10.1 Å². The molecule has 0 aliphatic heterocycles. The van der Waals surface area contributed by atoms with E-state index in [0.29, 0.717) is 11.6 Å². The van der Waals surface area contributed by atoms with E-state index in [1.807, 2.05) is 0 Å². The minimum absolute atomic E-state index is 0.377. The third-order valence-electron chi connectivity index (χ3n) is 2.60. The van der Waals surface area contributed by atoms with Gasteiger partial charge in [-0.15, -0.1) is 0 Å². The number of aromatic nitrogens is 1. The smallest absolute Gasteiger partial charge is 0.278 e. The minimum Gasteiger partial charge on any atom is -0.278 e. The maximum absolute atomic E-state index is 12.9. The van der Waals surface area contributed by atoms with Crippen LogP contribution in [0.1, 0.15) is 11.1 Å². The fourth-order valence-corrected chi connectivity index (χ4v) is 1.61. The highest BCUT2D eigenvalue weighted by Crippen LogP contribution is 2.37. The number of nitrogens with one attached hydrogen (secondary N) is 1. The Hall–Kier alpha value is -2.97. The number of pyridine rings is 1. The molecule has 0 bridgehead atoms. The van der Waals surface area contributed by atoms with E-state index in [1.165, 1.54) is 12.4 Å². The van der Waals surface area contributed by atoms with Crippen molar-refractivity contribution in [2.75, 3.05) is 5.43 Å². The van der Waals surface area contributed by atoms with Crippen molar-refractivity contribution in [1.29, 1.82) is 0 Å². The highest BCUT2D eigenvalue weighted by molar-refractivity contribution is 5.79. The van der Waals surface area contributed by atoms with Gasteiger partial charge in [-0.2, -0.15) is 18.3 Å². The van der Waals surface area contributed by atoms with E-state index in [-0.39, 0.29) is 5.69 Å². The first kappa shape index (κ1) is 15.4. The maximum Gasteiger partial charge on any atom is 0.418 e. The van der Waals surface area contributed by atoms with E-state index in [9.17, 15) is 23.3 Å². The van der Waals surface area contributed by atoms with Gasteiger partial charge in [0.15, 0.2) is 0 Å². The summed E-state index contributed by atoms with van der Waals surface area (Å²) in [6.45, 7) is 0. The number of hydrogen-bond donors (Lipinski definition) is 1. The van der Waals surface area contributed by atoms with Crippen molar-refractivity contribution in [3.8, 4) is 0 Å². The third-order valence-corrected chi connectivity index (χ3v) is 2.60. The molecule has 1 N–H and O–H groups in total. The van der Waals surface area contributed by atoms with Crippen molar-refractivity contribution in [3.63, 3.8) is 0 Å². The highest BCUT2D eigenvalue weighted by atomic mass is 19.4. The van der Waals surface area contributed by atoms with Crippen molar-refractivity contribution in [2.24, 2.45) is 5.10 Å². The standard InChI is InChI=1S/C13H9F3N4O2/c14-13(15,16)11-6-10(20(21)22)3-4-12(11)19-18-8-9-2-1-5-17-7-9/h1-8,19H/b18-8-. The summed E-state index contributed by atoms with van der Waals surface area (Å²) >= 11 is 0. The zero-order valence-electron chi connectivity index (χ0n) is 10.9. The summed E-state index contributed by atoms with van der Waals surface area (Å²) < 4.78 is 38.8. The van der Waals surface area contributed by atoms with Gasteiger partial charge in [0.1, 0.15) is 0 Å². The summed E-state index contributed by atoms with van der Waals surface area (Å²) in [5.74, 6) is 0. The predicted octanol–water partition coefficient (Wildman–Crippen LogP) is 3.45. The summed E-state index contributed by atoms with van der Waals surface area (Å²) in [5.41, 5.74) is 0.639. The molecule has 0 fully saturated rings. The van der Waals surface area contributed by atoms with E-state index in [2.05, 4.69) is 15.5 Å². The molecule has 0 spiro atoms. The summed E-state index contributed by atoms with van der Waals surface area (Å²) in [7, 11) is 0. The molecule has 0 saturated carbocycles. The monoisotopic (exact) mass is 310 g/mol. The fourth-order valence-electron chi connectivity index (χ4n) is 1.61. The van der Waals surface area contributed by atoms with Crippen LogP contribution in [0.3, 0.4) is 0 Å². The number of hydrogen-bond acceptors (Lipinski definition) is 5. The van der Waals surface area contributed by atoms with E-state index < -0.39 is 22.4 Å². The number of anilines is 1. The van der Waals surface area contributed by atoms with Crippen LogP contribution in [0.5, 0.6) is 0 Å². The lowest BCUT2D eigenvalue weighted by Gasteiger charge is -2.11. The number of alkyl halides is 3. The van der Waals surface area contributed by atoms with E-state index >= 15 is 0 Å². The van der Waals surface area contributed by atoms with Gasteiger partial charge in [0.2, 0.25) is 0 Å². The van der Waals surface area contributed by atoms with Gasteiger partial charge in [-0.1, -0.05) is 6.07 Å². The quantitative estimate of drug-likeness (QED) is 0.533. The Kier molecular flexibility index (Phi) is 4.35. The summed E-state index contributed by atoms with van der Waals surface area (Å²) in [5, 5.41) is 14.2. The molecular formula is C13H9F3N4O2. The van der Waals surface area contributed by atoms with Crippen LogP contribution in [-0.4, -0.2) is 16.1 Å². The molecule has 1 aromatic heterocycles. The molecule has 0 atom stereocenters. The first-order valence-electron chi connectivity index (χ1n) is 5.92. The van der Waals surface area contributed by atoms with Gasteiger partial charge in [0.05, 0.1) is 22.4 Å². The Morgan fingerprint density at radius 1 is 1.32 bits per heavy atom. The molecule has 2 rings (SSSR count). The lowest BCUT2D eigenvalue weighted by Crippen LogP contribution is -2.09. The van der Waals surface area contributed by atoms with Gasteiger partial charge in [0, 0.05) is 30.1 Å². The maximum atomic E-state index is 12.9. The minimum atomic E-state index is -4.74. The number of nitro benzene ring substituents is 1. The molecule has 9 heteroatoms. The van der Waals surface area contributed by atoms with E-state index in [4.69, 9.17) is 0 Å². The first-order valence-corrected chi connectivity index (χ1v) is 5.92. The Bertz CT molecular complexity index is 702. The average Bonchev–Trinajstić information content (AvgIpc) is 2.47. The van der Waals surface area contributed by atoms with Crippen LogP contribution in [0.4, 0.5) is 24.5 Å². The van der Waals surface area contributed by atoms with E-state index in [0.717, 1.165) is 12.1 Å². The van der Waals surface area contributed by atoms with Crippen molar-refractivity contribution < 1.29 is 18.1 Å². The SMILES string of the molecule is O=[N+]([O-])c1ccc(N/N=C\c2cccnc2)c(C(F)(F)F)c1. The molecule has 0 saturated heterocycles. The van der Waals surface area contributed by atoms with Crippen LogP contribution in [-0.2, 0) is 6.18 Å². The van der Waals surface area contributed by atoms with Crippen LogP contribution in [0.25, 0.3) is 0 Å². The molecule has 0 aliphatic rings. The molecule has 1 aromatic carbocycles. The Morgan fingerprint density at radius 2 is 2.09 bits per heavy atom. The zero-order chi connectivity index (χ0) is 16.2. The molecule has 0 aliphatic carbocycles. The van der Waals surface area contributed by atoms with Crippen LogP contribution in [0.15, 0.2) is 47.8 Å². The van der Waals surface area contributed by atoms with Gasteiger partial charge < -0.3 is 0 Å². The number of rotatable bonds is 4. The number of non-ortho nitro benzene ring substituents is 1. The largest absolute Gasteiger partial charge is 0.418 e. The molecule has 6 nitrogen and oxygen atoms in total. The number of nitrogens with zero attached hydrogens (tertiary/aromatic N) is 3. The summed E-state index contributed by atoms with van der Waals surface area (Å²) in [6, 6.07) is 5.70. The molecule has 22 heavy (non-hydrogen) atoms. The average molecular weight is 310 g/mol. The Morgan fingerprint density at radius 3 is 2.68 bits per heavy atom. The number of halogens is 3. The van der Waals surface area contributed by atoms with E-state index in [1.54, 1.807) is 18.3 Å². The lowest BCUT2D eigenvalue weighted by molar-refractivity contribution is -0.385. The van der Waals surface area contributed by atoms with Gasteiger partial charge in [0.25, 0.3) is 5.69 Å². The van der Waals surface area contributed by atoms with Crippen molar-refractivity contribution in [3.05, 3.63) is 64.0 Å². The van der Waals surface area contributed by atoms with Crippen LogP contribution in [0.2, 0.25) is 0 Å². The highest BCUT2D eigenvalue weighted by Gasteiger charge is 2.35. The van der Waals surface area contributed by atoms with Gasteiger partial charge in [-0.25, -0.2) is 0 Å². The third kappa shape index (κ3) is 3.78. The molecular weight excluding hydrogens is 301 g/mol. The van der Waals surface area contributed by atoms with Gasteiger partial charge >= 0.3 is 6.18 Å². The number of nitro groups is 1. The molecule has 2 aromatic rings. The molecule has 1 heterocycles. The molecule has 0 radical (unpaired) electrons. The first-order chi connectivity index (χ1) is 10.4. The van der Waals surface area contributed by atoms with Crippen LogP contribution < -0.4 is 5.43 Å². The lowest BCUT2D eigenvalue weighted by atomic mass is 10.1. The second-order valence-electron chi connectivity index (χ2n) is 4.14. The van der Waals surface area contributed by atoms with Gasteiger partial charge in [-0.3, -0.25) is 20.5 Å². The Balaban J connectivity index is 2.27. The normalized spacial score (nSPS) is 11.6. The number of benzene rings is 1. The summed E-state index contributed by atoms with van der Waals surface area (Å²) in [4.78, 5) is 13.5. The van der Waals surface area contributed by atoms with Crippen molar-refractivity contribution in [2.45, 2.75) is 6.18 Å². The zero-order valence-corrected chi connectivity index (χ0v) is 10.9. The van der Waals surface area contributed by atoms with Crippen molar-refractivity contribution in [1.82, 2.24) is 4.98 Å². The van der Waals surface area contributed by atoms with Crippen molar-refractivity contribution >= 4 is 17.6 Å². The Labute approximate surface area is 122 Å². The summed E-state index contributed by atoms with van der Waals surface area (Å²) in [6.07, 6.45) is -0.429. The number of hydrazone groups is 1. The second-order valence-corrected chi connectivity index (χ2v) is 4.14. The predicted molar refractivity (Wildman–Crippen MR) is 73.6 cm³/mol. The molecule has 0 unspecified atom stereocenters. The topological polar surface area (TPSA) is 80.4 Å². The molecule has 114 valence electrons. The second kappa shape index (κ2) is 6.20. The fraction of sp³-hybridized carbons (Fsp3) is 0.0769. The van der Waals surface area contributed by atoms with Gasteiger partial charge in [-0.05, 0) is 12.1 Å². The van der Waals surface area contributed by atoms with Crippen LogP contribution >= 0.6 is 0 Å². The molecule has 0 amide bonds.